The molecule has 3 N–H and O–H groups in total. The Morgan fingerprint density at radius 1 is 1.24 bits per heavy atom. The zero-order valence-electron chi connectivity index (χ0n) is 9.37. The second-order valence-corrected chi connectivity index (χ2v) is 4.42. The van der Waals surface area contributed by atoms with E-state index in [2.05, 4.69) is 10.3 Å². The number of nitrogens with zero attached hydrogens (tertiary/aromatic N) is 3. The van der Waals surface area contributed by atoms with E-state index in [1.165, 1.54) is 6.42 Å². The minimum absolute atomic E-state index is 0.243. The second kappa shape index (κ2) is 3.76. The van der Waals surface area contributed by atoms with Crippen molar-refractivity contribution in [3.63, 3.8) is 0 Å². The molecular formula is C12H14N4O. The van der Waals surface area contributed by atoms with E-state index in [0.29, 0.717) is 11.7 Å². The Kier molecular flexibility index (Phi) is 2.24. The Morgan fingerprint density at radius 3 is 2.53 bits per heavy atom. The van der Waals surface area contributed by atoms with E-state index in [4.69, 9.17) is 5.73 Å². The first-order chi connectivity index (χ1) is 8.25. The third kappa shape index (κ3) is 1.63. The molecule has 3 rings (SSSR count). The van der Waals surface area contributed by atoms with Gasteiger partial charge in [0.05, 0.1) is 11.4 Å². The Balaban J connectivity index is 2.05. The van der Waals surface area contributed by atoms with E-state index in [9.17, 15) is 5.11 Å². The summed E-state index contributed by atoms with van der Waals surface area (Å²) in [4.78, 5) is 0. The minimum atomic E-state index is 0.243. The summed E-state index contributed by atoms with van der Waals surface area (Å²) in [6.45, 7) is 0. The van der Waals surface area contributed by atoms with E-state index in [-0.39, 0.29) is 5.75 Å². The van der Waals surface area contributed by atoms with Crippen molar-refractivity contribution in [3.8, 4) is 11.4 Å². The Morgan fingerprint density at radius 2 is 1.94 bits per heavy atom. The second-order valence-electron chi connectivity index (χ2n) is 4.42. The number of nitrogen functional groups attached to an aromatic ring is 1. The number of anilines is 1. The first-order valence-electron chi connectivity index (χ1n) is 5.76. The van der Waals surface area contributed by atoms with Crippen LogP contribution in [0.25, 0.3) is 5.69 Å². The highest BCUT2D eigenvalue weighted by atomic mass is 16.3. The number of hydrogen-bond donors (Lipinski definition) is 2. The highest BCUT2D eigenvalue weighted by molar-refractivity contribution is 5.44. The molecule has 88 valence electrons. The molecule has 17 heavy (non-hydrogen) atoms. The lowest BCUT2D eigenvalue weighted by atomic mass is 9.82. The maximum Gasteiger partial charge on any atom is 0.169 e. The maximum atomic E-state index is 9.27. The number of hydrogen-bond acceptors (Lipinski definition) is 4. The molecule has 0 amide bonds. The summed E-state index contributed by atoms with van der Waals surface area (Å²) in [6.07, 6.45) is 3.54. The van der Waals surface area contributed by atoms with Crippen molar-refractivity contribution in [2.75, 3.05) is 5.73 Å². The summed E-state index contributed by atoms with van der Waals surface area (Å²) in [5.41, 5.74) is 7.76. The van der Waals surface area contributed by atoms with E-state index in [0.717, 1.165) is 24.2 Å². The third-order valence-corrected chi connectivity index (χ3v) is 3.32. The smallest absolute Gasteiger partial charge is 0.169 e. The van der Waals surface area contributed by atoms with Crippen LogP contribution in [0.5, 0.6) is 5.75 Å². The van der Waals surface area contributed by atoms with Gasteiger partial charge < -0.3 is 10.8 Å². The van der Waals surface area contributed by atoms with Gasteiger partial charge in [0.2, 0.25) is 0 Å². The van der Waals surface area contributed by atoms with Gasteiger partial charge in [-0.1, -0.05) is 11.6 Å². The molecule has 0 atom stereocenters. The Labute approximate surface area is 98.9 Å². The van der Waals surface area contributed by atoms with Crippen LogP contribution < -0.4 is 5.73 Å². The van der Waals surface area contributed by atoms with E-state index < -0.39 is 0 Å². The van der Waals surface area contributed by atoms with Gasteiger partial charge in [-0.15, -0.1) is 5.10 Å². The van der Waals surface area contributed by atoms with Gasteiger partial charge in [0.15, 0.2) is 5.82 Å². The molecule has 1 aliphatic carbocycles. The van der Waals surface area contributed by atoms with Crippen LogP contribution in [0.4, 0.5) is 5.82 Å². The quantitative estimate of drug-likeness (QED) is 0.825. The predicted octanol–water partition coefficient (Wildman–Crippen LogP) is 1.82. The van der Waals surface area contributed by atoms with E-state index >= 15 is 0 Å². The molecule has 5 heteroatoms. The van der Waals surface area contributed by atoms with Crippen LogP contribution in [-0.2, 0) is 0 Å². The van der Waals surface area contributed by atoms with Crippen molar-refractivity contribution in [2.24, 2.45) is 0 Å². The molecule has 0 bridgehead atoms. The van der Waals surface area contributed by atoms with Crippen LogP contribution >= 0.6 is 0 Å². The number of rotatable bonds is 2. The molecule has 1 saturated carbocycles. The van der Waals surface area contributed by atoms with Crippen molar-refractivity contribution in [3.05, 3.63) is 30.0 Å². The highest BCUT2D eigenvalue weighted by Crippen LogP contribution is 2.39. The van der Waals surface area contributed by atoms with Gasteiger partial charge in [-0.25, -0.2) is 4.68 Å². The van der Waals surface area contributed by atoms with E-state index in [1.54, 1.807) is 16.8 Å². The number of aromatic hydroxyl groups is 1. The van der Waals surface area contributed by atoms with Gasteiger partial charge in [-0.05, 0) is 37.1 Å². The average molecular weight is 230 g/mol. The molecule has 0 radical (unpaired) electrons. The van der Waals surface area contributed by atoms with Crippen molar-refractivity contribution >= 4 is 5.82 Å². The summed E-state index contributed by atoms with van der Waals surface area (Å²) in [5, 5.41) is 17.3. The molecule has 0 spiro atoms. The van der Waals surface area contributed by atoms with Gasteiger partial charge in [-0.2, -0.15) is 0 Å². The first kappa shape index (κ1) is 10.1. The zero-order chi connectivity index (χ0) is 11.8. The lowest BCUT2D eigenvalue weighted by Crippen LogP contribution is -2.15. The number of aromatic nitrogens is 3. The van der Waals surface area contributed by atoms with Crippen molar-refractivity contribution in [1.82, 2.24) is 15.0 Å². The van der Waals surface area contributed by atoms with Crippen LogP contribution in [-0.4, -0.2) is 20.1 Å². The summed E-state index contributed by atoms with van der Waals surface area (Å²) in [6, 6.07) is 6.90. The van der Waals surface area contributed by atoms with Crippen LogP contribution in [0.2, 0.25) is 0 Å². The summed E-state index contributed by atoms with van der Waals surface area (Å²) >= 11 is 0. The molecule has 0 aliphatic heterocycles. The molecule has 5 nitrogen and oxygen atoms in total. The summed E-state index contributed by atoms with van der Waals surface area (Å²) in [7, 11) is 0. The molecule has 0 saturated heterocycles. The predicted molar refractivity (Wildman–Crippen MR) is 64.0 cm³/mol. The Hall–Kier alpha value is -2.04. The van der Waals surface area contributed by atoms with Gasteiger partial charge in [0.25, 0.3) is 0 Å². The van der Waals surface area contributed by atoms with Crippen LogP contribution in [0.3, 0.4) is 0 Å². The average Bonchev–Trinajstić information content (AvgIpc) is 2.61. The molecular weight excluding hydrogens is 216 g/mol. The van der Waals surface area contributed by atoms with Crippen LogP contribution in [0, 0.1) is 0 Å². The normalized spacial score (nSPS) is 15.8. The Bertz CT molecular complexity index is 528. The van der Waals surface area contributed by atoms with Gasteiger partial charge in [0, 0.05) is 5.92 Å². The monoisotopic (exact) mass is 230 g/mol. The number of nitrogens with two attached hydrogens (primary N) is 1. The van der Waals surface area contributed by atoms with Crippen LogP contribution in [0.1, 0.15) is 30.9 Å². The number of benzene rings is 1. The molecule has 1 aliphatic rings. The molecule has 1 fully saturated rings. The summed E-state index contributed by atoms with van der Waals surface area (Å²) in [5.74, 6) is 1.23. The van der Waals surface area contributed by atoms with Crippen molar-refractivity contribution in [1.29, 1.82) is 0 Å². The fourth-order valence-corrected chi connectivity index (χ4v) is 2.15. The lowest BCUT2D eigenvalue weighted by molar-refractivity contribution is 0.404. The highest BCUT2D eigenvalue weighted by Gasteiger charge is 2.27. The molecule has 1 aromatic heterocycles. The standard InChI is InChI=1S/C12H14N4O/c13-12-11(8-2-1-3-8)16(15-14-12)9-4-6-10(17)7-5-9/h4-8,17H,1-3,13H2. The van der Waals surface area contributed by atoms with E-state index in [1.807, 2.05) is 12.1 Å². The summed E-state index contributed by atoms with van der Waals surface area (Å²) < 4.78 is 1.78. The van der Waals surface area contributed by atoms with Crippen molar-refractivity contribution in [2.45, 2.75) is 25.2 Å². The number of phenols is 1. The fraction of sp³-hybridized carbons (Fsp3) is 0.333. The maximum absolute atomic E-state index is 9.27. The fourth-order valence-electron chi connectivity index (χ4n) is 2.15. The SMILES string of the molecule is Nc1nnn(-c2ccc(O)cc2)c1C1CCC1. The molecule has 0 unspecified atom stereocenters. The molecule has 1 aromatic carbocycles. The lowest BCUT2D eigenvalue weighted by Gasteiger charge is -2.25. The van der Waals surface area contributed by atoms with Crippen molar-refractivity contribution < 1.29 is 5.11 Å². The van der Waals surface area contributed by atoms with Gasteiger partial charge >= 0.3 is 0 Å². The first-order valence-corrected chi connectivity index (χ1v) is 5.76. The topological polar surface area (TPSA) is 77.0 Å². The van der Waals surface area contributed by atoms with Gasteiger partial charge in [-0.3, -0.25) is 0 Å². The zero-order valence-corrected chi connectivity index (χ0v) is 9.37. The molecule has 2 aromatic rings. The minimum Gasteiger partial charge on any atom is -0.508 e. The van der Waals surface area contributed by atoms with Gasteiger partial charge in [0.1, 0.15) is 5.75 Å². The van der Waals surface area contributed by atoms with Crippen LogP contribution in [0.15, 0.2) is 24.3 Å². The third-order valence-electron chi connectivity index (χ3n) is 3.32. The largest absolute Gasteiger partial charge is 0.508 e. The molecule has 1 heterocycles. The number of phenolic OH excluding ortho intramolecular Hbond substituents is 1.